The van der Waals surface area contributed by atoms with Gasteiger partial charge in [0.2, 0.25) is 0 Å². The molecule has 0 aliphatic carbocycles. The number of halogens is 3. The molecule has 10 nitrogen and oxygen atoms in total. The lowest BCUT2D eigenvalue weighted by Crippen LogP contribution is -2.18. The number of nitrogens with zero attached hydrogens (tertiary/aromatic N) is 5. The minimum Gasteiger partial charge on any atom is -0.405 e. The molecule has 3 aromatic heterocycles. The number of rotatable bonds is 5. The molecule has 0 saturated carbocycles. The van der Waals surface area contributed by atoms with Crippen molar-refractivity contribution in [1.82, 2.24) is 19.7 Å². The number of ether oxygens (including phenoxy) is 1. The zero-order valence-electron chi connectivity index (χ0n) is 16.0. The molecule has 0 fully saturated rings. The maximum atomic E-state index is 12.8. The summed E-state index contributed by atoms with van der Waals surface area (Å²) in [5.74, 6) is -1.38. The summed E-state index contributed by atoms with van der Waals surface area (Å²) in [6, 6.07) is 7.77. The first-order chi connectivity index (χ1) is 15.1. The molecule has 1 N–H and O–H groups in total. The number of aryl methyl sites for hydroxylation is 1. The van der Waals surface area contributed by atoms with Crippen LogP contribution in [0.25, 0.3) is 22.4 Å². The van der Waals surface area contributed by atoms with Crippen LogP contribution in [0, 0.1) is 10.1 Å². The Balaban J connectivity index is 1.78. The molecule has 0 unspecified atom stereocenters. The number of para-hydroxylation sites is 1. The van der Waals surface area contributed by atoms with E-state index in [1.54, 1.807) is 7.05 Å². The van der Waals surface area contributed by atoms with Gasteiger partial charge in [0.1, 0.15) is 11.6 Å². The van der Waals surface area contributed by atoms with E-state index in [1.807, 2.05) is 0 Å². The largest absolute Gasteiger partial charge is 0.573 e. The number of alkyl halides is 3. The minimum atomic E-state index is -4.93. The predicted octanol–water partition coefficient (Wildman–Crippen LogP) is 4.15. The third-order valence-corrected chi connectivity index (χ3v) is 5.21. The summed E-state index contributed by atoms with van der Waals surface area (Å²) in [5.41, 5.74) is 0.180. The van der Waals surface area contributed by atoms with Crippen LogP contribution in [-0.4, -0.2) is 36.9 Å². The van der Waals surface area contributed by atoms with Gasteiger partial charge in [-0.25, -0.2) is 9.97 Å². The summed E-state index contributed by atoms with van der Waals surface area (Å²) < 4.78 is 43.9. The van der Waals surface area contributed by atoms with E-state index in [1.165, 1.54) is 41.2 Å². The molecule has 1 amide bonds. The maximum absolute atomic E-state index is 12.8. The molecule has 14 heteroatoms. The predicted molar refractivity (Wildman–Crippen MR) is 107 cm³/mol. The van der Waals surface area contributed by atoms with Gasteiger partial charge in [-0.2, -0.15) is 5.10 Å². The topological polar surface area (TPSA) is 125 Å². The van der Waals surface area contributed by atoms with Gasteiger partial charge in [0.25, 0.3) is 5.91 Å². The van der Waals surface area contributed by atoms with E-state index in [4.69, 9.17) is 0 Å². The van der Waals surface area contributed by atoms with Crippen LogP contribution >= 0.6 is 11.3 Å². The van der Waals surface area contributed by atoms with Crippen molar-refractivity contribution in [2.45, 2.75) is 6.36 Å². The third-order valence-electron chi connectivity index (χ3n) is 4.17. The number of nitro groups is 1. The smallest absolute Gasteiger partial charge is 0.405 e. The first kappa shape index (κ1) is 21.2. The van der Waals surface area contributed by atoms with Crippen LogP contribution in [0.4, 0.5) is 24.0 Å². The number of amides is 1. The van der Waals surface area contributed by atoms with E-state index < -0.39 is 22.9 Å². The van der Waals surface area contributed by atoms with E-state index in [0.29, 0.717) is 16.7 Å². The lowest BCUT2D eigenvalue weighted by molar-refractivity contribution is -0.380. The number of nitrogens with one attached hydrogen (secondary N) is 1. The highest BCUT2D eigenvalue weighted by Crippen LogP contribution is 2.34. The van der Waals surface area contributed by atoms with E-state index in [0.717, 1.165) is 6.07 Å². The number of fused-ring (bicyclic) bond motifs is 1. The van der Waals surface area contributed by atoms with Crippen LogP contribution < -0.4 is 10.1 Å². The van der Waals surface area contributed by atoms with Gasteiger partial charge in [-0.3, -0.25) is 19.6 Å². The SMILES string of the molecule is Cn1ncc2c(NC(=O)c3ccc([N+](=O)[O-])s3)nc(-c3ccccc3OC(F)(F)F)nc21. The van der Waals surface area contributed by atoms with Crippen LogP contribution in [0.15, 0.2) is 42.6 Å². The maximum Gasteiger partial charge on any atom is 0.573 e. The Bertz CT molecular complexity index is 1350. The van der Waals surface area contributed by atoms with Crippen molar-refractivity contribution in [2.24, 2.45) is 7.05 Å². The highest BCUT2D eigenvalue weighted by atomic mass is 32.1. The second-order valence-electron chi connectivity index (χ2n) is 6.29. The van der Waals surface area contributed by atoms with Crippen LogP contribution in [0.1, 0.15) is 9.67 Å². The van der Waals surface area contributed by atoms with Crippen molar-refractivity contribution >= 4 is 39.1 Å². The molecule has 0 radical (unpaired) electrons. The Morgan fingerprint density at radius 1 is 1.22 bits per heavy atom. The molecule has 3 heterocycles. The molecule has 0 aliphatic heterocycles. The van der Waals surface area contributed by atoms with Gasteiger partial charge in [0.15, 0.2) is 11.5 Å². The number of aromatic nitrogens is 4. The molecule has 4 rings (SSSR count). The molecule has 0 saturated heterocycles. The van der Waals surface area contributed by atoms with E-state index in [-0.39, 0.29) is 32.7 Å². The summed E-state index contributed by atoms with van der Waals surface area (Å²) in [5, 5.41) is 17.5. The molecule has 32 heavy (non-hydrogen) atoms. The average Bonchev–Trinajstić information content (AvgIpc) is 3.35. The van der Waals surface area contributed by atoms with Crippen molar-refractivity contribution in [1.29, 1.82) is 0 Å². The van der Waals surface area contributed by atoms with Crippen molar-refractivity contribution < 1.29 is 27.6 Å². The Morgan fingerprint density at radius 3 is 2.66 bits per heavy atom. The standard InChI is InChI=1S/C18H11F3N6O4S/c1-26-16-10(8-22-26)15(25-17(28)12-6-7-13(32-12)27(29)30)23-14(24-16)9-4-2-3-5-11(9)31-18(19,20)21/h2-8H,1H3,(H,23,24,25,28). The number of hydrogen-bond donors (Lipinski definition) is 1. The second-order valence-corrected chi connectivity index (χ2v) is 7.36. The molecule has 1 aromatic carbocycles. The zero-order chi connectivity index (χ0) is 23.0. The summed E-state index contributed by atoms with van der Waals surface area (Å²) in [6.07, 6.45) is -3.55. The monoisotopic (exact) mass is 464 g/mol. The third kappa shape index (κ3) is 4.20. The summed E-state index contributed by atoms with van der Waals surface area (Å²) in [7, 11) is 1.56. The fraction of sp³-hybridized carbons (Fsp3) is 0.111. The van der Waals surface area contributed by atoms with Crippen molar-refractivity contribution in [2.75, 3.05) is 5.32 Å². The first-order valence-electron chi connectivity index (χ1n) is 8.73. The van der Waals surface area contributed by atoms with Gasteiger partial charge < -0.3 is 10.1 Å². The highest BCUT2D eigenvalue weighted by Gasteiger charge is 2.32. The molecule has 164 valence electrons. The fourth-order valence-electron chi connectivity index (χ4n) is 2.82. The van der Waals surface area contributed by atoms with E-state index >= 15 is 0 Å². The van der Waals surface area contributed by atoms with Crippen LogP contribution in [0.3, 0.4) is 0 Å². The van der Waals surface area contributed by atoms with Crippen LogP contribution in [0.2, 0.25) is 0 Å². The number of thiophene rings is 1. The normalized spacial score (nSPS) is 11.5. The molecular weight excluding hydrogens is 453 g/mol. The Labute approximate surface area is 180 Å². The minimum absolute atomic E-state index is 0.0269. The number of benzene rings is 1. The van der Waals surface area contributed by atoms with Crippen molar-refractivity contribution in [3.05, 3.63) is 57.6 Å². The van der Waals surface area contributed by atoms with Gasteiger partial charge in [-0.1, -0.05) is 23.5 Å². The van der Waals surface area contributed by atoms with Gasteiger partial charge in [-0.05, 0) is 18.2 Å². The lowest BCUT2D eigenvalue weighted by atomic mass is 10.2. The van der Waals surface area contributed by atoms with Crippen molar-refractivity contribution in [3.8, 4) is 17.1 Å². The molecule has 4 aromatic rings. The lowest BCUT2D eigenvalue weighted by Gasteiger charge is -2.13. The van der Waals surface area contributed by atoms with E-state index in [2.05, 4.69) is 25.1 Å². The quantitative estimate of drug-likeness (QED) is 0.347. The molecule has 0 atom stereocenters. The Hall–Kier alpha value is -4.07. The number of carbonyl (C=O) groups is 1. The van der Waals surface area contributed by atoms with Gasteiger partial charge in [-0.15, -0.1) is 13.2 Å². The molecular formula is C18H11F3N6O4S. The first-order valence-corrected chi connectivity index (χ1v) is 9.54. The highest BCUT2D eigenvalue weighted by molar-refractivity contribution is 7.17. The summed E-state index contributed by atoms with van der Waals surface area (Å²) in [6.45, 7) is 0. The van der Waals surface area contributed by atoms with Crippen molar-refractivity contribution in [3.63, 3.8) is 0 Å². The Morgan fingerprint density at radius 2 is 1.97 bits per heavy atom. The summed E-state index contributed by atoms with van der Waals surface area (Å²) in [4.78, 5) is 31.4. The van der Waals surface area contributed by atoms with E-state index in [9.17, 15) is 28.1 Å². The second kappa shape index (κ2) is 7.88. The van der Waals surface area contributed by atoms with Crippen LogP contribution in [-0.2, 0) is 7.05 Å². The molecule has 0 bridgehead atoms. The van der Waals surface area contributed by atoms with Gasteiger partial charge in [0, 0.05) is 13.1 Å². The number of carbonyl (C=O) groups excluding carboxylic acids is 1. The van der Waals surface area contributed by atoms with Gasteiger partial charge >= 0.3 is 11.4 Å². The van der Waals surface area contributed by atoms with Crippen LogP contribution in [0.5, 0.6) is 5.75 Å². The zero-order valence-corrected chi connectivity index (χ0v) is 16.8. The summed E-state index contributed by atoms with van der Waals surface area (Å²) >= 11 is 0.668. The fourth-order valence-corrected chi connectivity index (χ4v) is 3.54. The van der Waals surface area contributed by atoms with Gasteiger partial charge in [0.05, 0.1) is 26.9 Å². The molecule has 0 aliphatic rings. The number of hydrogen-bond acceptors (Lipinski definition) is 8. The molecule has 0 spiro atoms. The number of anilines is 1. The average molecular weight is 464 g/mol. The Kier molecular flexibility index (Phi) is 5.22.